The molecule has 0 aliphatic rings. The minimum atomic E-state index is -1.07. The van der Waals surface area contributed by atoms with Gasteiger partial charge in [-0.05, 0) is 6.42 Å². The van der Waals surface area contributed by atoms with Gasteiger partial charge in [-0.3, -0.25) is 0 Å². The van der Waals surface area contributed by atoms with Gasteiger partial charge in [0.2, 0.25) is 0 Å². The summed E-state index contributed by atoms with van der Waals surface area (Å²) in [6, 6.07) is -0.322. The number of carbonyl (C=O) groups excluding carboxylic acids is 1. The van der Waals surface area contributed by atoms with Crippen molar-refractivity contribution in [2.24, 2.45) is 0 Å². The first-order chi connectivity index (χ1) is 9.56. The Balaban J connectivity index is 2.31. The van der Waals surface area contributed by atoms with Crippen LogP contribution in [0.4, 0.5) is 4.79 Å². The summed E-state index contributed by atoms with van der Waals surface area (Å²) in [6.45, 7) is 2.76. The molecule has 0 aliphatic carbocycles. The van der Waals surface area contributed by atoms with E-state index in [0.29, 0.717) is 19.5 Å². The molecule has 0 saturated heterocycles. The molecule has 3 N–H and O–H groups in total. The summed E-state index contributed by atoms with van der Waals surface area (Å²) in [4.78, 5) is 25.9. The molecule has 1 atom stereocenters. The number of terminal acetylenes is 1. The van der Waals surface area contributed by atoms with Gasteiger partial charge in [-0.1, -0.05) is 6.92 Å². The zero-order valence-corrected chi connectivity index (χ0v) is 11.3. The van der Waals surface area contributed by atoms with Crippen molar-refractivity contribution < 1.29 is 14.7 Å². The van der Waals surface area contributed by atoms with Gasteiger partial charge in [0.1, 0.15) is 0 Å². The molecule has 0 aliphatic heterocycles. The summed E-state index contributed by atoms with van der Waals surface area (Å²) in [6.07, 6.45) is 9.29. The SMILES string of the molecule is C#CCC(CC)NC(=O)NCCn1cnc(C(=O)O)c1. The predicted molar refractivity (Wildman–Crippen MR) is 73.2 cm³/mol. The van der Waals surface area contributed by atoms with Gasteiger partial charge in [0, 0.05) is 31.7 Å². The van der Waals surface area contributed by atoms with Crippen LogP contribution in [0, 0.1) is 12.3 Å². The smallest absolute Gasteiger partial charge is 0.356 e. The van der Waals surface area contributed by atoms with Gasteiger partial charge >= 0.3 is 12.0 Å². The van der Waals surface area contributed by atoms with Gasteiger partial charge in [0.15, 0.2) is 5.69 Å². The minimum absolute atomic E-state index is 0.0190. The van der Waals surface area contributed by atoms with Crippen molar-refractivity contribution in [1.29, 1.82) is 0 Å². The van der Waals surface area contributed by atoms with Crippen molar-refractivity contribution in [3.63, 3.8) is 0 Å². The number of urea groups is 1. The normalized spacial score (nSPS) is 11.4. The molecule has 2 amide bonds. The number of carboxylic acids is 1. The Bertz CT molecular complexity index is 504. The Labute approximate surface area is 117 Å². The van der Waals surface area contributed by atoms with Crippen LogP contribution >= 0.6 is 0 Å². The molecular weight excluding hydrogens is 260 g/mol. The zero-order chi connectivity index (χ0) is 15.0. The summed E-state index contributed by atoms with van der Waals surface area (Å²) in [5.41, 5.74) is -0.0190. The molecule has 7 heteroatoms. The highest BCUT2D eigenvalue weighted by atomic mass is 16.4. The number of carboxylic acid groups (broad SMARTS) is 1. The van der Waals surface area contributed by atoms with E-state index in [1.807, 2.05) is 6.92 Å². The number of imidazole rings is 1. The fourth-order valence-electron chi connectivity index (χ4n) is 1.57. The molecule has 0 radical (unpaired) electrons. The number of amides is 2. The van der Waals surface area contributed by atoms with Gasteiger partial charge < -0.3 is 20.3 Å². The van der Waals surface area contributed by atoms with E-state index in [1.54, 1.807) is 4.57 Å². The van der Waals surface area contributed by atoms with Gasteiger partial charge in [0.25, 0.3) is 0 Å². The molecular formula is C13H18N4O3. The third-order valence-corrected chi connectivity index (χ3v) is 2.70. The van der Waals surface area contributed by atoms with Crippen LogP contribution in [0.15, 0.2) is 12.5 Å². The Morgan fingerprint density at radius 3 is 2.90 bits per heavy atom. The van der Waals surface area contributed by atoms with Crippen molar-refractivity contribution in [3.05, 3.63) is 18.2 Å². The first kappa shape index (κ1) is 15.6. The zero-order valence-electron chi connectivity index (χ0n) is 11.3. The summed E-state index contributed by atoms with van der Waals surface area (Å²) in [5, 5.41) is 14.2. The highest BCUT2D eigenvalue weighted by Gasteiger charge is 2.09. The summed E-state index contributed by atoms with van der Waals surface area (Å²) in [7, 11) is 0. The van der Waals surface area contributed by atoms with Crippen molar-refractivity contribution in [1.82, 2.24) is 20.2 Å². The molecule has 0 fully saturated rings. The van der Waals surface area contributed by atoms with Crippen LogP contribution in [-0.4, -0.2) is 39.2 Å². The second-order valence-electron chi connectivity index (χ2n) is 4.22. The van der Waals surface area contributed by atoms with Crippen molar-refractivity contribution in [2.45, 2.75) is 32.4 Å². The molecule has 1 heterocycles. The summed E-state index contributed by atoms with van der Waals surface area (Å²) < 4.78 is 1.60. The van der Waals surface area contributed by atoms with Crippen LogP contribution in [0.25, 0.3) is 0 Å². The molecule has 0 bridgehead atoms. The first-order valence-electron chi connectivity index (χ1n) is 6.29. The Kier molecular flexibility index (Phi) is 6.10. The van der Waals surface area contributed by atoms with Gasteiger partial charge in [0.05, 0.1) is 6.33 Å². The second-order valence-corrected chi connectivity index (χ2v) is 4.22. The van der Waals surface area contributed by atoms with Crippen LogP contribution in [-0.2, 0) is 6.54 Å². The van der Waals surface area contributed by atoms with Crippen molar-refractivity contribution in [2.75, 3.05) is 6.54 Å². The third-order valence-electron chi connectivity index (χ3n) is 2.70. The highest BCUT2D eigenvalue weighted by Crippen LogP contribution is 1.96. The molecule has 1 aromatic rings. The number of aromatic carboxylic acids is 1. The topological polar surface area (TPSA) is 96.3 Å². The molecule has 0 aromatic carbocycles. The fourth-order valence-corrected chi connectivity index (χ4v) is 1.57. The van der Waals surface area contributed by atoms with Gasteiger partial charge in [-0.15, -0.1) is 12.3 Å². The quantitative estimate of drug-likeness (QED) is 0.639. The number of nitrogens with zero attached hydrogens (tertiary/aromatic N) is 2. The van der Waals surface area contributed by atoms with E-state index in [4.69, 9.17) is 11.5 Å². The monoisotopic (exact) mass is 278 g/mol. The molecule has 0 saturated carbocycles. The standard InChI is InChI=1S/C13H18N4O3/c1-3-5-10(4-2)16-13(20)14-6-7-17-8-11(12(18)19)15-9-17/h1,8-10H,4-7H2,2H3,(H,18,19)(H2,14,16,20). The first-order valence-corrected chi connectivity index (χ1v) is 6.29. The van der Waals surface area contributed by atoms with Gasteiger partial charge in [-0.25, -0.2) is 14.6 Å². The van der Waals surface area contributed by atoms with Crippen LogP contribution in [0.5, 0.6) is 0 Å². The van der Waals surface area contributed by atoms with Crippen molar-refractivity contribution >= 4 is 12.0 Å². The summed E-state index contributed by atoms with van der Waals surface area (Å²) >= 11 is 0. The molecule has 1 rings (SSSR count). The number of nitrogens with one attached hydrogen (secondary N) is 2. The maximum Gasteiger partial charge on any atom is 0.356 e. The van der Waals surface area contributed by atoms with Crippen LogP contribution in [0.3, 0.4) is 0 Å². The molecule has 20 heavy (non-hydrogen) atoms. The fraction of sp³-hybridized carbons (Fsp3) is 0.462. The van der Waals surface area contributed by atoms with Crippen LogP contribution in [0.2, 0.25) is 0 Å². The van der Waals surface area contributed by atoms with Crippen LogP contribution < -0.4 is 10.6 Å². The van der Waals surface area contributed by atoms with E-state index < -0.39 is 5.97 Å². The maximum atomic E-state index is 11.6. The third kappa shape index (κ3) is 5.02. The number of rotatable bonds is 7. The van der Waals surface area contributed by atoms with E-state index in [0.717, 1.165) is 6.42 Å². The van der Waals surface area contributed by atoms with Crippen molar-refractivity contribution in [3.8, 4) is 12.3 Å². The largest absolute Gasteiger partial charge is 0.476 e. The lowest BCUT2D eigenvalue weighted by Gasteiger charge is -2.14. The average molecular weight is 278 g/mol. The predicted octanol–water partition coefficient (Wildman–Crippen LogP) is 0.682. The molecule has 7 nitrogen and oxygen atoms in total. The molecule has 1 unspecified atom stereocenters. The van der Waals surface area contributed by atoms with E-state index >= 15 is 0 Å². The lowest BCUT2D eigenvalue weighted by Crippen LogP contribution is -2.42. The minimum Gasteiger partial charge on any atom is -0.476 e. The lowest BCUT2D eigenvalue weighted by atomic mass is 10.2. The van der Waals surface area contributed by atoms with Gasteiger partial charge in [-0.2, -0.15) is 0 Å². The Hall–Kier alpha value is -2.49. The van der Waals surface area contributed by atoms with E-state index in [9.17, 15) is 9.59 Å². The molecule has 1 aromatic heterocycles. The van der Waals surface area contributed by atoms with Crippen LogP contribution in [0.1, 0.15) is 30.3 Å². The molecule has 108 valence electrons. The van der Waals surface area contributed by atoms with E-state index in [2.05, 4.69) is 21.5 Å². The number of hydrogen-bond acceptors (Lipinski definition) is 3. The molecule has 0 spiro atoms. The Morgan fingerprint density at radius 1 is 1.60 bits per heavy atom. The number of carbonyl (C=O) groups is 2. The van der Waals surface area contributed by atoms with E-state index in [-0.39, 0.29) is 17.8 Å². The lowest BCUT2D eigenvalue weighted by molar-refractivity contribution is 0.0691. The summed E-state index contributed by atoms with van der Waals surface area (Å²) in [5.74, 6) is 1.43. The second kappa shape index (κ2) is 7.84. The Morgan fingerprint density at radius 2 is 2.35 bits per heavy atom. The average Bonchev–Trinajstić information content (AvgIpc) is 2.87. The maximum absolute atomic E-state index is 11.6. The number of aromatic nitrogens is 2. The van der Waals surface area contributed by atoms with E-state index in [1.165, 1.54) is 12.5 Å². The number of hydrogen-bond donors (Lipinski definition) is 3. The highest BCUT2D eigenvalue weighted by molar-refractivity contribution is 5.84.